The SMILES string of the molecule is CCN(CC(F)(F)F)c1ccc(Cl)cc1CNCCOC. The summed E-state index contributed by atoms with van der Waals surface area (Å²) in [5.74, 6) is 0. The topological polar surface area (TPSA) is 24.5 Å². The van der Waals surface area contributed by atoms with Gasteiger partial charge in [-0.3, -0.25) is 0 Å². The second-order valence-electron chi connectivity index (χ2n) is 4.57. The van der Waals surface area contributed by atoms with Gasteiger partial charge in [-0.25, -0.2) is 0 Å². The second-order valence-corrected chi connectivity index (χ2v) is 5.01. The minimum absolute atomic E-state index is 0.270. The van der Waals surface area contributed by atoms with E-state index in [2.05, 4.69) is 5.32 Å². The molecule has 0 saturated heterocycles. The molecule has 0 heterocycles. The number of ether oxygens (including phenoxy) is 1. The molecule has 1 aromatic carbocycles. The van der Waals surface area contributed by atoms with Crippen molar-refractivity contribution in [1.82, 2.24) is 5.32 Å². The summed E-state index contributed by atoms with van der Waals surface area (Å²) < 4.78 is 42.8. The Morgan fingerprint density at radius 2 is 2.05 bits per heavy atom. The lowest BCUT2D eigenvalue weighted by molar-refractivity contribution is -0.119. The van der Waals surface area contributed by atoms with E-state index in [0.29, 0.717) is 30.4 Å². The normalized spacial score (nSPS) is 11.7. The molecule has 21 heavy (non-hydrogen) atoms. The molecule has 1 N–H and O–H groups in total. The Kier molecular flexibility index (Phi) is 7.28. The van der Waals surface area contributed by atoms with Crippen molar-refractivity contribution in [3.05, 3.63) is 28.8 Å². The summed E-state index contributed by atoms with van der Waals surface area (Å²) in [6, 6.07) is 4.93. The maximum absolute atomic E-state index is 12.6. The molecule has 120 valence electrons. The summed E-state index contributed by atoms with van der Waals surface area (Å²) in [6.07, 6.45) is -4.24. The second kappa shape index (κ2) is 8.46. The van der Waals surface area contributed by atoms with Crippen LogP contribution in [0.3, 0.4) is 0 Å². The van der Waals surface area contributed by atoms with Crippen molar-refractivity contribution in [1.29, 1.82) is 0 Å². The maximum atomic E-state index is 12.6. The standard InChI is InChI=1S/C14H20ClF3N2O/c1-3-20(10-14(16,17)18)13-5-4-12(15)8-11(13)9-19-6-7-21-2/h4-5,8,19H,3,6-7,9-10H2,1-2H3. The molecule has 0 fully saturated rings. The first kappa shape index (κ1) is 18.1. The zero-order valence-electron chi connectivity index (χ0n) is 12.1. The van der Waals surface area contributed by atoms with Gasteiger partial charge in [-0.15, -0.1) is 0 Å². The number of halogens is 4. The van der Waals surface area contributed by atoms with E-state index < -0.39 is 12.7 Å². The molecule has 0 aliphatic rings. The highest BCUT2D eigenvalue weighted by atomic mass is 35.5. The van der Waals surface area contributed by atoms with Gasteiger partial charge in [-0.1, -0.05) is 11.6 Å². The van der Waals surface area contributed by atoms with Crippen molar-refractivity contribution in [3.8, 4) is 0 Å². The van der Waals surface area contributed by atoms with Gasteiger partial charge in [0.2, 0.25) is 0 Å². The number of benzene rings is 1. The number of hydrogen-bond acceptors (Lipinski definition) is 3. The monoisotopic (exact) mass is 324 g/mol. The van der Waals surface area contributed by atoms with Gasteiger partial charge in [0, 0.05) is 37.5 Å². The van der Waals surface area contributed by atoms with Gasteiger partial charge in [0.15, 0.2) is 0 Å². The van der Waals surface area contributed by atoms with E-state index in [-0.39, 0.29) is 6.54 Å². The van der Waals surface area contributed by atoms with E-state index in [0.717, 1.165) is 5.56 Å². The predicted molar refractivity (Wildman–Crippen MR) is 79.0 cm³/mol. The van der Waals surface area contributed by atoms with E-state index >= 15 is 0 Å². The maximum Gasteiger partial charge on any atom is 0.405 e. The summed E-state index contributed by atoms with van der Waals surface area (Å²) in [6.45, 7) is 2.59. The fraction of sp³-hybridized carbons (Fsp3) is 0.571. The molecule has 0 aromatic heterocycles. The third-order valence-electron chi connectivity index (χ3n) is 2.93. The molecule has 0 aliphatic heterocycles. The summed E-state index contributed by atoms with van der Waals surface area (Å²) >= 11 is 5.94. The molecule has 0 amide bonds. The molecule has 0 unspecified atom stereocenters. The van der Waals surface area contributed by atoms with Gasteiger partial charge in [0.25, 0.3) is 0 Å². The minimum Gasteiger partial charge on any atom is -0.383 e. The highest BCUT2D eigenvalue weighted by Crippen LogP contribution is 2.27. The number of alkyl halides is 3. The first-order chi connectivity index (χ1) is 9.87. The van der Waals surface area contributed by atoms with Crippen LogP contribution in [0.25, 0.3) is 0 Å². The van der Waals surface area contributed by atoms with Crippen LogP contribution in [0, 0.1) is 0 Å². The van der Waals surface area contributed by atoms with Gasteiger partial charge in [0.05, 0.1) is 6.61 Å². The molecule has 1 rings (SSSR count). The van der Waals surface area contributed by atoms with Crippen LogP contribution in [0.1, 0.15) is 12.5 Å². The molecule has 7 heteroatoms. The Morgan fingerprint density at radius 1 is 1.33 bits per heavy atom. The number of methoxy groups -OCH3 is 1. The quantitative estimate of drug-likeness (QED) is 0.741. The van der Waals surface area contributed by atoms with Crippen molar-refractivity contribution in [3.63, 3.8) is 0 Å². The van der Waals surface area contributed by atoms with Crippen molar-refractivity contribution >= 4 is 17.3 Å². The first-order valence-corrected chi connectivity index (χ1v) is 7.05. The van der Waals surface area contributed by atoms with Gasteiger partial charge < -0.3 is 15.0 Å². The Balaban J connectivity index is 2.87. The van der Waals surface area contributed by atoms with E-state index in [4.69, 9.17) is 16.3 Å². The highest BCUT2D eigenvalue weighted by molar-refractivity contribution is 6.30. The number of anilines is 1. The van der Waals surface area contributed by atoms with Crippen molar-refractivity contribution in [2.45, 2.75) is 19.6 Å². The summed E-state index contributed by atoms with van der Waals surface area (Å²) in [7, 11) is 1.59. The molecule has 1 aromatic rings. The Bertz CT molecular complexity index is 441. The fourth-order valence-electron chi connectivity index (χ4n) is 1.99. The molecular weight excluding hydrogens is 305 g/mol. The van der Waals surface area contributed by atoms with Crippen LogP contribution >= 0.6 is 11.6 Å². The number of nitrogens with one attached hydrogen (secondary N) is 1. The lowest BCUT2D eigenvalue weighted by atomic mass is 10.1. The third kappa shape index (κ3) is 6.54. The van der Waals surface area contributed by atoms with E-state index in [1.165, 1.54) is 4.90 Å². The Hall–Kier alpha value is -0.980. The predicted octanol–water partition coefficient (Wildman–Crippen LogP) is 3.46. The Morgan fingerprint density at radius 3 is 2.62 bits per heavy atom. The third-order valence-corrected chi connectivity index (χ3v) is 3.17. The molecular formula is C14H20ClF3N2O. The Labute approximate surface area is 128 Å². The number of rotatable bonds is 8. The number of nitrogens with zero attached hydrogens (tertiary/aromatic N) is 1. The number of hydrogen-bond donors (Lipinski definition) is 1. The molecule has 0 bridgehead atoms. The minimum atomic E-state index is -4.24. The average molecular weight is 325 g/mol. The van der Waals surface area contributed by atoms with Crippen LogP contribution in [0.15, 0.2) is 18.2 Å². The lowest BCUT2D eigenvalue weighted by Crippen LogP contribution is -2.35. The molecule has 3 nitrogen and oxygen atoms in total. The van der Waals surface area contributed by atoms with Crippen LogP contribution in [0.5, 0.6) is 0 Å². The van der Waals surface area contributed by atoms with Gasteiger partial charge >= 0.3 is 6.18 Å². The van der Waals surface area contributed by atoms with Crippen molar-refractivity contribution in [2.75, 3.05) is 38.3 Å². The zero-order valence-corrected chi connectivity index (χ0v) is 12.9. The smallest absolute Gasteiger partial charge is 0.383 e. The zero-order chi connectivity index (χ0) is 15.9. The molecule has 0 saturated carbocycles. The largest absolute Gasteiger partial charge is 0.405 e. The molecule has 0 spiro atoms. The van der Waals surface area contributed by atoms with Gasteiger partial charge in [0.1, 0.15) is 6.54 Å². The average Bonchev–Trinajstić information content (AvgIpc) is 2.40. The van der Waals surface area contributed by atoms with Crippen LogP contribution in [-0.4, -0.2) is 39.5 Å². The lowest BCUT2D eigenvalue weighted by Gasteiger charge is -2.27. The van der Waals surface area contributed by atoms with E-state index in [1.54, 1.807) is 32.2 Å². The van der Waals surface area contributed by atoms with Gasteiger partial charge in [-0.2, -0.15) is 13.2 Å². The van der Waals surface area contributed by atoms with Crippen LogP contribution < -0.4 is 10.2 Å². The highest BCUT2D eigenvalue weighted by Gasteiger charge is 2.31. The van der Waals surface area contributed by atoms with Gasteiger partial charge in [-0.05, 0) is 30.7 Å². The van der Waals surface area contributed by atoms with Crippen molar-refractivity contribution in [2.24, 2.45) is 0 Å². The fourth-order valence-corrected chi connectivity index (χ4v) is 2.18. The summed E-state index contributed by atoms with van der Waals surface area (Å²) in [5.41, 5.74) is 1.29. The summed E-state index contributed by atoms with van der Waals surface area (Å²) in [5, 5.41) is 3.63. The van der Waals surface area contributed by atoms with Crippen LogP contribution in [0.2, 0.25) is 5.02 Å². The first-order valence-electron chi connectivity index (χ1n) is 6.67. The van der Waals surface area contributed by atoms with E-state index in [1.807, 2.05) is 0 Å². The van der Waals surface area contributed by atoms with E-state index in [9.17, 15) is 13.2 Å². The molecule has 0 atom stereocenters. The molecule has 0 radical (unpaired) electrons. The van der Waals surface area contributed by atoms with Crippen LogP contribution in [-0.2, 0) is 11.3 Å². The molecule has 0 aliphatic carbocycles. The van der Waals surface area contributed by atoms with Crippen molar-refractivity contribution < 1.29 is 17.9 Å². The van der Waals surface area contributed by atoms with Crippen LogP contribution in [0.4, 0.5) is 18.9 Å². The summed E-state index contributed by atoms with van der Waals surface area (Å²) in [4.78, 5) is 1.30.